The highest BCUT2D eigenvalue weighted by Crippen LogP contribution is 2.39. The van der Waals surface area contributed by atoms with E-state index in [4.69, 9.17) is 4.74 Å². The molecule has 0 spiro atoms. The molecule has 4 rings (SSSR count). The Labute approximate surface area is 205 Å². The van der Waals surface area contributed by atoms with Crippen LogP contribution < -0.4 is 10.1 Å². The molecule has 0 radical (unpaired) electrons. The van der Waals surface area contributed by atoms with Crippen molar-refractivity contribution in [1.29, 1.82) is 0 Å². The van der Waals surface area contributed by atoms with E-state index in [1.54, 1.807) is 12.1 Å². The lowest BCUT2D eigenvalue weighted by Crippen LogP contribution is -2.45. The zero-order chi connectivity index (χ0) is 25.0. The molecule has 35 heavy (non-hydrogen) atoms. The summed E-state index contributed by atoms with van der Waals surface area (Å²) in [6, 6.07) is 21.3. The van der Waals surface area contributed by atoms with Crippen LogP contribution in [-0.2, 0) is 22.6 Å². The molecule has 1 aliphatic heterocycles. The molecule has 0 bridgehead atoms. The van der Waals surface area contributed by atoms with E-state index in [-0.39, 0.29) is 30.3 Å². The fraction of sp³-hybridized carbons (Fsp3) is 0.310. The fourth-order valence-corrected chi connectivity index (χ4v) is 4.33. The number of carbonyl (C=O) groups excluding carboxylic acids is 2. The second-order valence-corrected chi connectivity index (χ2v) is 9.86. The summed E-state index contributed by atoms with van der Waals surface area (Å²) in [6.07, 6.45) is 0.715. The summed E-state index contributed by atoms with van der Waals surface area (Å²) in [4.78, 5) is 27.5. The Kier molecular flexibility index (Phi) is 7.20. The van der Waals surface area contributed by atoms with Gasteiger partial charge in [0.15, 0.2) is 6.61 Å². The van der Waals surface area contributed by atoms with Crippen LogP contribution in [0, 0.1) is 11.2 Å². The molecule has 0 saturated heterocycles. The SMILES string of the molecule is CC(C)(C)C(=O)N1CCc2ccc(OCC(=O)NCc3ccccc3)cc2C1c1ccc(F)cc1. The van der Waals surface area contributed by atoms with E-state index in [0.29, 0.717) is 25.3 Å². The highest BCUT2D eigenvalue weighted by atomic mass is 19.1. The maximum atomic E-state index is 13.7. The van der Waals surface area contributed by atoms with Gasteiger partial charge in [0.2, 0.25) is 5.91 Å². The third-order valence-corrected chi connectivity index (χ3v) is 6.14. The molecule has 1 aliphatic rings. The maximum Gasteiger partial charge on any atom is 0.258 e. The molecule has 5 nitrogen and oxygen atoms in total. The van der Waals surface area contributed by atoms with Gasteiger partial charge in [-0.05, 0) is 52.9 Å². The minimum Gasteiger partial charge on any atom is -0.484 e. The molecule has 1 N–H and O–H groups in total. The summed E-state index contributed by atoms with van der Waals surface area (Å²) in [5.74, 6) is 0.0446. The van der Waals surface area contributed by atoms with Gasteiger partial charge >= 0.3 is 0 Å². The second-order valence-electron chi connectivity index (χ2n) is 9.86. The number of hydrogen-bond acceptors (Lipinski definition) is 3. The lowest BCUT2D eigenvalue weighted by Gasteiger charge is -2.41. The largest absolute Gasteiger partial charge is 0.484 e. The number of fused-ring (bicyclic) bond motifs is 1. The number of carbonyl (C=O) groups is 2. The number of nitrogens with one attached hydrogen (secondary N) is 1. The molecule has 0 fully saturated rings. The molecule has 6 heteroatoms. The third-order valence-electron chi connectivity index (χ3n) is 6.14. The van der Waals surface area contributed by atoms with E-state index >= 15 is 0 Å². The quantitative estimate of drug-likeness (QED) is 0.545. The van der Waals surface area contributed by atoms with Gasteiger partial charge in [0.25, 0.3) is 5.91 Å². The van der Waals surface area contributed by atoms with Crippen molar-refractivity contribution in [2.24, 2.45) is 5.41 Å². The standard InChI is InChI=1S/C29H31FN2O3/c1-29(2,3)28(34)32-16-15-21-11-14-24(17-25(21)27(32)22-9-12-23(30)13-10-22)35-19-26(33)31-18-20-7-5-4-6-8-20/h4-14,17,27H,15-16,18-19H2,1-3H3,(H,31,33). The first-order valence-electron chi connectivity index (χ1n) is 11.8. The monoisotopic (exact) mass is 474 g/mol. The lowest BCUT2D eigenvalue weighted by molar-refractivity contribution is -0.141. The molecule has 3 aromatic carbocycles. The number of nitrogens with zero attached hydrogens (tertiary/aromatic N) is 1. The summed E-state index contributed by atoms with van der Waals surface area (Å²) < 4.78 is 19.5. The van der Waals surface area contributed by atoms with E-state index in [2.05, 4.69) is 5.32 Å². The highest BCUT2D eigenvalue weighted by molar-refractivity contribution is 5.83. The van der Waals surface area contributed by atoms with E-state index in [1.165, 1.54) is 12.1 Å². The van der Waals surface area contributed by atoms with Crippen molar-refractivity contribution in [2.45, 2.75) is 39.8 Å². The normalized spacial score (nSPS) is 15.3. The number of ether oxygens (including phenoxy) is 1. The molecule has 182 valence electrons. The Balaban J connectivity index is 1.55. The summed E-state index contributed by atoms with van der Waals surface area (Å²) in [7, 11) is 0. The van der Waals surface area contributed by atoms with E-state index < -0.39 is 5.41 Å². The van der Waals surface area contributed by atoms with Gasteiger partial charge in [-0.2, -0.15) is 0 Å². The molecule has 0 saturated carbocycles. The van der Waals surface area contributed by atoms with Crippen LogP contribution in [0.4, 0.5) is 4.39 Å². The van der Waals surface area contributed by atoms with Crippen LogP contribution in [0.15, 0.2) is 72.8 Å². The Morgan fingerprint density at radius 1 is 1.03 bits per heavy atom. The molecule has 1 atom stereocenters. The van der Waals surface area contributed by atoms with Crippen molar-refractivity contribution in [2.75, 3.05) is 13.2 Å². The molecule has 2 amide bonds. The van der Waals surface area contributed by atoms with E-state index in [0.717, 1.165) is 22.3 Å². The highest BCUT2D eigenvalue weighted by Gasteiger charge is 2.37. The molecule has 0 aliphatic carbocycles. The molecular weight excluding hydrogens is 443 g/mol. The van der Waals surface area contributed by atoms with Gasteiger partial charge in [0.1, 0.15) is 11.6 Å². The summed E-state index contributed by atoms with van der Waals surface area (Å²) in [5, 5.41) is 2.86. The van der Waals surface area contributed by atoms with Crippen molar-refractivity contribution >= 4 is 11.8 Å². The zero-order valence-corrected chi connectivity index (χ0v) is 20.4. The topological polar surface area (TPSA) is 58.6 Å². The Bertz CT molecular complexity index is 1190. The average Bonchev–Trinajstić information content (AvgIpc) is 2.85. The van der Waals surface area contributed by atoms with Crippen molar-refractivity contribution in [1.82, 2.24) is 10.2 Å². The number of benzene rings is 3. The fourth-order valence-electron chi connectivity index (χ4n) is 4.33. The van der Waals surface area contributed by atoms with Crippen molar-refractivity contribution < 1.29 is 18.7 Å². The summed E-state index contributed by atoms with van der Waals surface area (Å²) in [6.45, 7) is 6.61. The number of amides is 2. The van der Waals surface area contributed by atoms with Crippen LogP contribution in [0.2, 0.25) is 0 Å². The molecule has 3 aromatic rings. The van der Waals surface area contributed by atoms with E-state index in [1.807, 2.05) is 74.2 Å². The Hall–Kier alpha value is -3.67. The van der Waals surface area contributed by atoms with Gasteiger partial charge in [0.05, 0.1) is 6.04 Å². The molecule has 0 aromatic heterocycles. The van der Waals surface area contributed by atoms with Crippen LogP contribution in [0.1, 0.15) is 49.1 Å². The first kappa shape index (κ1) is 24.5. The first-order chi connectivity index (χ1) is 16.7. The lowest BCUT2D eigenvalue weighted by atomic mass is 9.85. The zero-order valence-electron chi connectivity index (χ0n) is 20.4. The number of hydrogen-bond donors (Lipinski definition) is 1. The van der Waals surface area contributed by atoms with Gasteiger partial charge in [-0.25, -0.2) is 4.39 Å². The number of halogens is 1. The number of rotatable bonds is 6. The summed E-state index contributed by atoms with van der Waals surface area (Å²) in [5.41, 5.74) is 3.34. The first-order valence-corrected chi connectivity index (χ1v) is 11.8. The maximum absolute atomic E-state index is 13.7. The molecule has 1 unspecified atom stereocenters. The van der Waals surface area contributed by atoms with Crippen LogP contribution in [0.5, 0.6) is 5.75 Å². The van der Waals surface area contributed by atoms with Gasteiger partial charge < -0.3 is 15.0 Å². The van der Waals surface area contributed by atoms with Gasteiger partial charge in [-0.1, -0.05) is 69.3 Å². The Morgan fingerprint density at radius 2 is 1.74 bits per heavy atom. The van der Waals surface area contributed by atoms with Crippen LogP contribution >= 0.6 is 0 Å². The van der Waals surface area contributed by atoms with Crippen LogP contribution in [0.25, 0.3) is 0 Å². The van der Waals surface area contributed by atoms with Crippen LogP contribution in [-0.4, -0.2) is 29.9 Å². The smallest absolute Gasteiger partial charge is 0.258 e. The van der Waals surface area contributed by atoms with Gasteiger partial charge in [-0.15, -0.1) is 0 Å². The minimum absolute atomic E-state index is 0.0316. The minimum atomic E-state index is -0.555. The molecule has 1 heterocycles. The van der Waals surface area contributed by atoms with Gasteiger partial charge in [-0.3, -0.25) is 9.59 Å². The predicted octanol–water partition coefficient (Wildman–Crippen LogP) is 5.04. The average molecular weight is 475 g/mol. The summed E-state index contributed by atoms with van der Waals surface area (Å²) >= 11 is 0. The molecular formula is C29H31FN2O3. The van der Waals surface area contributed by atoms with Crippen molar-refractivity contribution in [3.63, 3.8) is 0 Å². The van der Waals surface area contributed by atoms with Crippen LogP contribution in [0.3, 0.4) is 0 Å². The second kappa shape index (κ2) is 10.3. The van der Waals surface area contributed by atoms with Gasteiger partial charge in [0, 0.05) is 18.5 Å². The third kappa shape index (κ3) is 5.88. The predicted molar refractivity (Wildman–Crippen MR) is 133 cm³/mol. The Morgan fingerprint density at radius 3 is 2.43 bits per heavy atom. The van der Waals surface area contributed by atoms with Crippen molar-refractivity contribution in [3.05, 3.63) is 101 Å². The van der Waals surface area contributed by atoms with Crippen molar-refractivity contribution in [3.8, 4) is 5.75 Å². The van der Waals surface area contributed by atoms with E-state index in [9.17, 15) is 14.0 Å².